The molecule has 166 valence electrons. The fourth-order valence-corrected chi connectivity index (χ4v) is 5.83. The Morgan fingerprint density at radius 2 is 1.90 bits per heavy atom. The third-order valence-electron chi connectivity index (χ3n) is 5.79. The van der Waals surface area contributed by atoms with Crippen molar-refractivity contribution in [1.82, 2.24) is 9.62 Å². The third kappa shape index (κ3) is 4.56. The van der Waals surface area contributed by atoms with E-state index in [9.17, 15) is 9.11 Å². The van der Waals surface area contributed by atoms with E-state index in [1.807, 2.05) is 36.4 Å². The number of hydrogen-bond donors (Lipinski definition) is 3. The zero-order valence-corrected chi connectivity index (χ0v) is 19.1. The molecule has 2 heterocycles. The Labute approximate surface area is 186 Å². The lowest BCUT2D eigenvalue weighted by atomic mass is 9.98. The SMILES string of the molecule is COc1cccc2c1OC(C)(NCCCCN1Cc3ccccc3S1(O)O)CC2.Cl. The number of aryl methyl sites for hydroxylation is 1. The molecule has 4 rings (SSSR count). The summed E-state index contributed by atoms with van der Waals surface area (Å²) in [4.78, 5) is 0.675. The van der Waals surface area contributed by atoms with Crippen LogP contribution in [-0.4, -0.2) is 39.3 Å². The van der Waals surface area contributed by atoms with E-state index in [0.29, 0.717) is 18.0 Å². The zero-order valence-electron chi connectivity index (χ0n) is 17.5. The zero-order chi connectivity index (χ0) is 20.5. The maximum Gasteiger partial charge on any atom is 0.167 e. The van der Waals surface area contributed by atoms with Crippen LogP contribution >= 0.6 is 23.2 Å². The molecule has 1 unspecified atom stereocenters. The number of para-hydroxylation sites is 1. The number of methoxy groups -OCH3 is 1. The van der Waals surface area contributed by atoms with Gasteiger partial charge in [-0.15, -0.1) is 23.2 Å². The predicted octanol–water partition coefficient (Wildman–Crippen LogP) is 5.07. The molecular weight excluding hydrogens is 424 g/mol. The minimum atomic E-state index is -2.83. The summed E-state index contributed by atoms with van der Waals surface area (Å²) in [6.07, 6.45) is 3.66. The maximum absolute atomic E-state index is 10.6. The first-order valence-corrected chi connectivity index (χ1v) is 11.6. The van der Waals surface area contributed by atoms with Gasteiger partial charge in [0.05, 0.1) is 12.0 Å². The minimum absolute atomic E-state index is 0. The van der Waals surface area contributed by atoms with E-state index in [4.69, 9.17) is 9.47 Å². The molecule has 0 saturated heterocycles. The Kier molecular flexibility index (Phi) is 7.22. The van der Waals surface area contributed by atoms with Gasteiger partial charge in [0.1, 0.15) is 0 Å². The van der Waals surface area contributed by atoms with Crippen LogP contribution in [0.4, 0.5) is 0 Å². The molecule has 30 heavy (non-hydrogen) atoms. The van der Waals surface area contributed by atoms with Gasteiger partial charge in [0.15, 0.2) is 17.2 Å². The van der Waals surface area contributed by atoms with Crippen LogP contribution in [0.15, 0.2) is 47.4 Å². The smallest absolute Gasteiger partial charge is 0.167 e. The Morgan fingerprint density at radius 1 is 1.13 bits per heavy atom. The summed E-state index contributed by atoms with van der Waals surface area (Å²) in [7, 11) is -1.17. The molecule has 0 aliphatic carbocycles. The number of unbranched alkanes of at least 4 members (excludes halogenated alkanes) is 1. The summed E-state index contributed by atoms with van der Waals surface area (Å²) >= 11 is 0. The maximum atomic E-state index is 10.6. The lowest BCUT2D eigenvalue weighted by molar-refractivity contribution is 0.0274. The van der Waals surface area contributed by atoms with E-state index in [1.54, 1.807) is 11.4 Å². The highest BCUT2D eigenvalue weighted by atomic mass is 35.5. The van der Waals surface area contributed by atoms with Gasteiger partial charge in [-0.25, -0.2) is 0 Å². The molecule has 1 atom stereocenters. The standard InChI is InChI=1S/C22H30N2O4S.ClH/c1-22(13-12-17-9-7-10-19(27-2)21(17)28-22)23-14-5-6-15-24-16-18-8-3-4-11-20(18)29(24,25)26;/h3-4,7-11,23,25-26H,5-6,12-16H2,1-2H3;1H. The molecule has 0 fully saturated rings. The topological polar surface area (TPSA) is 74.2 Å². The summed E-state index contributed by atoms with van der Waals surface area (Å²) in [6.45, 7) is 4.15. The summed E-state index contributed by atoms with van der Waals surface area (Å²) in [5.41, 5.74) is 1.78. The van der Waals surface area contributed by atoms with Gasteiger partial charge in [0.25, 0.3) is 0 Å². The summed E-state index contributed by atoms with van der Waals surface area (Å²) in [5.74, 6) is 1.61. The van der Waals surface area contributed by atoms with Gasteiger partial charge in [-0.2, -0.15) is 4.31 Å². The van der Waals surface area contributed by atoms with Crippen molar-refractivity contribution in [3.05, 3.63) is 53.6 Å². The molecule has 2 aromatic carbocycles. The fraction of sp³-hybridized carbons (Fsp3) is 0.455. The highest BCUT2D eigenvalue weighted by Crippen LogP contribution is 2.58. The molecule has 0 saturated carbocycles. The van der Waals surface area contributed by atoms with Crippen molar-refractivity contribution in [3.63, 3.8) is 0 Å². The van der Waals surface area contributed by atoms with Crippen LogP contribution in [0.5, 0.6) is 11.5 Å². The van der Waals surface area contributed by atoms with Crippen LogP contribution < -0.4 is 14.8 Å². The average Bonchev–Trinajstić information content (AvgIpc) is 2.97. The molecule has 8 heteroatoms. The van der Waals surface area contributed by atoms with Crippen molar-refractivity contribution >= 4 is 23.2 Å². The number of fused-ring (bicyclic) bond motifs is 2. The Morgan fingerprint density at radius 3 is 2.67 bits per heavy atom. The third-order valence-corrected chi connectivity index (χ3v) is 7.81. The summed E-state index contributed by atoms with van der Waals surface area (Å²) in [5, 5.41) is 3.54. The van der Waals surface area contributed by atoms with Gasteiger partial charge in [-0.05, 0) is 56.0 Å². The number of halogens is 1. The summed E-state index contributed by atoms with van der Waals surface area (Å²) in [6, 6.07) is 13.6. The quantitative estimate of drug-likeness (QED) is 0.507. The highest BCUT2D eigenvalue weighted by Gasteiger charge is 2.35. The molecule has 2 aliphatic heterocycles. The van der Waals surface area contributed by atoms with Crippen LogP contribution in [0, 0.1) is 0 Å². The van der Waals surface area contributed by atoms with Crippen LogP contribution in [0.1, 0.15) is 37.3 Å². The molecule has 2 aliphatic rings. The average molecular weight is 455 g/mol. The van der Waals surface area contributed by atoms with E-state index in [-0.39, 0.29) is 12.4 Å². The van der Waals surface area contributed by atoms with Crippen molar-refractivity contribution in [2.75, 3.05) is 20.2 Å². The number of hydrogen-bond acceptors (Lipinski definition) is 6. The van der Waals surface area contributed by atoms with Crippen molar-refractivity contribution in [2.24, 2.45) is 0 Å². The van der Waals surface area contributed by atoms with Gasteiger partial charge in [-0.1, -0.05) is 30.3 Å². The van der Waals surface area contributed by atoms with Crippen LogP contribution in [0.2, 0.25) is 0 Å². The molecule has 3 N–H and O–H groups in total. The monoisotopic (exact) mass is 454 g/mol. The molecule has 0 amide bonds. The van der Waals surface area contributed by atoms with Gasteiger partial charge in [0.2, 0.25) is 0 Å². The van der Waals surface area contributed by atoms with E-state index >= 15 is 0 Å². The Balaban J connectivity index is 0.00000256. The van der Waals surface area contributed by atoms with Crippen molar-refractivity contribution in [1.29, 1.82) is 0 Å². The van der Waals surface area contributed by atoms with Crippen LogP contribution in [-0.2, 0) is 13.0 Å². The first-order chi connectivity index (χ1) is 13.9. The molecule has 0 spiro atoms. The lowest BCUT2D eigenvalue weighted by Crippen LogP contribution is -2.50. The molecular formula is C22H31ClN2O4S. The lowest BCUT2D eigenvalue weighted by Gasteiger charge is -2.38. The van der Waals surface area contributed by atoms with Crippen molar-refractivity contribution in [2.45, 2.75) is 49.8 Å². The molecule has 0 bridgehead atoms. The number of ether oxygens (including phenoxy) is 2. The Hall–Kier alpha value is -1.48. The second kappa shape index (κ2) is 9.34. The van der Waals surface area contributed by atoms with Gasteiger partial charge < -0.3 is 9.47 Å². The van der Waals surface area contributed by atoms with Crippen LogP contribution in [0.3, 0.4) is 0 Å². The summed E-state index contributed by atoms with van der Waals surface area (Å²) < 4.78 is 34.7. The van der Waals surface area contributed by atoms with Gasteiger partial charge in [-0.3, -0.25) is 14.4 Å². The fourth-order valence-electron chi connectivity index (χ4n) is 4.10. The number of nitrogens with one attached hydrogen (secondary N) is 1. The molecule has 0 radical (unpaired) electrons. The normalized spacial score (nSPS) is 22.9. The van der Waals surface area contributed by atoms with E-state index in [0.717, 1.165) is 49.3 Å². The molecule has 2 aromatic rings. The largest absolute Gasteiger partial charge is 0.493 e. The number of nitrogens with zero attached hydrogens (tertiary/aromatic N) is 1. The van der Waals surface area contributed by atoms with Gasteiger partial charge in [0, 0.05) is 19.5 Å². The second-order valence-corrected chi connectivity index (χ2v) is 9.90. The van der Waals surface area contributed by atoms with E-state index in [1.165, 1.54) is 5.56 Å². The molecule has 0 aromatic heterocycles. The second-order valence-electron chi connectivity index (χ2n) is 7.91. The van der Waals surface area contributed by atoms with Crippen molar-refractivity contribution < 1.29 is 18.6 Å². The first-order valence-electron chi connectivity index (χ1n) is 10.1. The number of benzene rings is 2. The van der Waals surface area contributed by atoms with E-state index in [2.05, 4.69) is 18.3 Å². The predicted molar refractivity (Wildman–Crippen MR) is 123 cm³/mol. The van der Waals surface area contributed by atoms with E-state index < -0.39 is 16.5 Å². The van der Waals surface area contributed by atoms with Crippen LogP contribution in [0.25, 0.3) is 0 Å². The Bertz CT molecular complexity index is 868. The van der Waals surface area contributed by atoms with Gasteiger partial charge >= 0.3 is 0 Å². The van der Waals surface area contributed by atoms with Crippen molar-refractivity contribution in [3.8, 4) is 11.5 Å². The minimum Gasteiger partial charge on any atom is -0.493 e. The molecule has 6 nitrogen and oxygen atoms in total. The number of rotatable bonds is 7. The first kappa shape index (κ1) is 23.2. The highest BCUT2D eigenvalue weighted by molar-refractivity contribution is 8.22.